The summed E-state index contributed by atoms with van der Waals surface area (Å²) in [6.07, 6.45) is 3.99. The number of benzene rings is 2. The molecule has 0 bridgehead atoms. The van der Waals surface area contributed by atoms with Gasteiger partial charge in [0.05, 0.1) is 6.54 Å². The van der Waals surface area contributed by atoms with Crippen LogP contribution in [0.4, 0.5) is 0 Å². The lowest BCUT2D eigenvalue weighted by atomic mass is 9.82. The van der Waals surface area contributed by atoms with E-state index < -0.39 is 11.9 Å². The minimum absolute atomic E-state index is 0.0132. The Kier molecular flexibility index (Phi) is 23.9. The van der Waals surface area contributed by atoms with Crippen molar-refractivity contribution in [3.05, 3.63) is 71.8 Å². The molecule has 0 saturated heterocycles. The van der Waals surface area contributed by atoms with Crippen molar-refractivity contribution in [1.29, 1.82) is 0 Å². The molecule has 0 aliphatic heterocycles. The molecule has 0 spiro atoms. The van der Waals surface area contributed by atoms with Gasteiger partial charge in [0.1, 0.15) is 6.04 Å². The maximum absolute atomic E-state index is 12.2. The second-order valence-corrected chi connectivity index (χ2v) is 12.8. The van der Waals surface area contributed by atoms with Crippen LogP contribution in [0, 0.1) is 24.2 Å². The normalized spacial score (nSPS) is 11.0. The van der Waals surface area contributed by atoms with Crippen molar-refractivity contribution in [2.75, 3.05) is 6.54 Å². The Balaban J connectivity index is 0. The zero-order valence-corrected chi connectivity index (χ0v) is 28.9. The third kappa shape index (κ3) is 27.2. The molecule has 0 aromatic heterocycles. The third-order valence-corrected chi connectivity index (χ3v) is 6.18. The first-order valence-electron chi connectivity index (χ1n) is 15.6. The van der Waals surface area contributed by atoms with Crippen molar-refractivity contribution in [2.24, 2.45) is 23.0 Å². The number of aryl methyl sites for hydroxylation is 1. The Hall–Kier alpha value is -3.68. The molecule has 8 heteroatoms. The van der Waals surface area contributed by atoms with E-state index in [1.165, 1.54) is 18.4 Å². The summed E-state index contributed by atoms with van der Waals surface area (Å²) in [5.41, 5.74) is 7.69. The molecule has 248 valence electrons. The van der Waals surface area contributed by atoms with Crippen LogP contribution >= 0.6 is 0 Å². The summed E-state index contributed by atoms with van der Waals surface area (Å²) < 4.78 is 0. The van der Waals surface area contributed by atoms with Crippen molar-refractivity contribution in [2.45, 2.75) is 107 Å². The molecule has 0 aliphatic carbocycles. The monoisotopic (exact) mass is 612 g/mol. The smallest absolute Gasteiger partial charge is 0.243 e. The highest BCUT2D eigenvalue weighted by Gasteiger charge is 2.21. The second-order valence-electron chi connectivity index (χ2n) is 12.8. The zero-order valence-electron chi connectivity index (χ0n) is 28.9. The lowest BCUT2D eigenvalue weighted by Gasteiger charge is -2.24. The van der Waals surface area contributed by atoms with E-state index in [0.717, 1.165) is 11.5 Å². The first kappa shape index (κ1) is 42.5. The van der Waals surface area contributed by atoms with Gasteiger partial charge in [-0.3, -0.25) is 19.2 Å². The molecule has 5 N–H and O–H groups in total. The van der Waals surface area contributed by atoms with Crippen LogP contribution in [-0.2, 0) is 25.6 Å². The fraction of sp³-hybridized carbons (Fsp3) is 0.556. The Labute approximate surface area is 267 Å². The van der Waals surface area contributed by atoms with Crippen LogP contribution < -0.4 is 21.7 Å². The van der Waals surface area contributed by atoms with Crippen molar-refractivity contribution >= 4 is 24.1 Å². The van der Waals surface area contributed by atoms with Crippen LogP contribution in [0.25, 0.3) is 0 Å². The summed E-state index contributed by atoms with van der Waals surface area (Å²) in [5, 5.41) is 7.69. The lowest BCUT2D eigenvalue weighted by molar-refractivity contribution is -0.129. The van der Waals surface area contributed by atoms with E-state index in [-0.39, 0.29) is 24.4 Å². The molecular formula is C36H60N4O4. The van der Waals surface area contributed by atoms with E-state index in [0.29, 0.717) is 30.6 Å². The van der Waals surface area contributed by atoms with Gasteiger partial charge in [-0.05, 0) is 50.0 Å². The fourth-order valence-electron chi connectivity index (χ4n) is 4.01. The largest absolute Gasteiger partial charge is 0.370 e. The Morgan fingerprint density at radius 3 is 1.68 bits per heavy atom. The second kappa shape index (κ2) is 24.7. The molecular weight excluding hydrogens is 552 g/mol. The van der Waals surface area contributed by atoms with Crippen LogP contribution in [0.3, 0.4) is 0 Å². The van der Waals surface area contributed by atoms with E-state index in [1.54, 1.807) is 0 Å². The fourth-order valence-corrected chi connectivity index (χ4v) is 4.01. The molecule has 0 heterocycles. The number of amides is 4. The number of primary amides is 1. The number of nitrogens with one attached hydrogen (secondary N) is 3. The maximum atomic E-state index is 12.2. The van der Waals surface area contributed by atoms with Gasteiger partial charge in [0.25, 0.3) is 0 Å². The van der Waals surface area contributed by atoms with Crippen molar-refractivity contribution in [1.82, 2.24) is 16.0 Å². The topological polar surface area (TPSA) is 130 Å². The van der Waals surface area contributed by atoms with Gasteiger partial charge in [-0.1, -0.05) is 121 Å². The van der Waals surface area contributed by atoms with Gasteiger partial charge in [-0.2, -0.15) is 0 Å². The van der Waals surface area contributed by atoms with Crippen LogP contribution in [0.5, 0.6) is 0 Å². The first-order valence-corrected chi connectivity index (χ1v) is 15.6. The minimum atomic E-state index is -0.671. The summed E-state index contributed by atoms with van der Waals surface area (Å²) >= 11 is 0. The molecule has 8 nitrogen and oxygen atoms in total. The van der Waals surface area contributed by atoms with Crippen LogP contribution in [0.15, 0.2) is 60.7 Å². The highest BCUT2D eigenvalue weighted by molar-refractivity contribution is 5.89. The van der Waals surface area contributed by atoms with Gasteiger partial charge in [-0.25, -0.2) is 0 Å². The molecule has 0 radical (unpaired) electrons. The average Bonchev–Trinajstić information content (AvgIpc) is 2.92. The minimum Gasteiger partial charge on any atom is -0.370 e. The highest BCUT2D eigenvalue weighted by Crippen LogP contribution is 2.28. The molecule has 4 amide bonds. The van der Waals surface area contributed by atoms with Crippen LogP contribution in [-0.4, -0.2) is 42.8 Å². The van der Waals surface area contributed by atoms with Crippen molar-refractivity contribution in [3.63, 3.8) is 0 Å². The third-order valence-electron chi connectivity index (χ3n) is 6.18. The molecule has 2 aromatic rings. The number of nitrogens with two attached hydrogens (primary N) is 1. The number of carbonyl (C=O) groups is 4. The maximum Gasteiger partial charge on any atom is 0.243 e. The number of hydrogen-bond donors (Lipinski definition) is 4. The molecule has 1 atom stereocenters. The molecule has 0 saturated carbocycles. The van der Waals surface area contributed by atoms with Crippen molar-refractivity contribution in [3.8, 4) is 0 Å². The summed E-state index contributed by atoms with van der Waals surface area (Å²) in [6, 6.07) is 19.0. The molecule has 0 aliphatic rings. The molecule has 2 rings (SSSR count). The van der Waals surface area contributed by atoms with Crippen LogP contribution in [0.1, 0.15) is 92.7 Å². The summed E-state index contributed by atoms with van der Waals surface area (Å²) in [7, 11) is 0. The summed E-state index contributed by atoms with van der Waals surface area (Å²) in [4.78, 5) is 44.1. The van der Waals surface area contributed by atoms with Gasteiger partial charge in [-0.15, -0.1) is 0 Å². The Morgan fingerprint density at radius 1 is 0.841 bits per heavy atom. The summed E-state index contributed by atoms with van der Waals surface area (Å²) in [5.74, 6) is 0.391. The van der Waals surface area contributed by atoms with Gasteiger partial charge in [0, 0.05) is 18.9 Å². The quantitative estimate of drug-likeness (QED) is 0.208. The van der Waals surface area contributed by atoms with Gasteiger partial charge >= 0.3 is 0 Å². The molecule has 2 aromatic carbocycles. The number of rotatable bonds is 13. The zero-order chi connectivity index (χ0) is 34.1. The van der Waals surface area contributed by atoms with E-state index >= 15 is 0 Å². The standard InChI is InChI=1S/C15H21N3O3.C9H20.C7H8.C5H11NO/c1-11(2)17-15(21)13(18-14(20)9-16-10-19)8-12-6-4-3-5-7-12;1-6-9(4,5)7-8(2)3;1-7-5-3-2-4-6-7;1-4(2)3-5(6)7/h3-7,10-11,13H,8-9H2,1-2H3,(H,16,19)(H,17,21)(H,18,20);8H,6-7H2,1-5H3;2-6H,1H3;4H,3H2,1-2H3,(H2,6,7). The predicted octanol–water partition coefficient (Wildman–Crippen LogP) is 5.97. The highest BCUT2D eigenvalue weighted by atomic mass is 16.2. The first-order chi connectivity index (χ1) is 20.5. The average molecular weight is 613 g/mol. The SMILES string of the molecule is CC(C)CC(N)=O.CC(C)NC(=O)C(Cc1ccccc1)NC(=O)CNC=O.CCC(C)(C)CC(C)C.Cc1ccccc1. The summed E-state index contributed by atoms with van der Waals surface area (Å²) in [6.45, 7) is 21.1. The van der Waals surface area contributed by atoms with E-state index in [2.05, 4.69) is 69.6 Å². The number of carbonyl (C=O) groups excluding carboxylic acids is 4. The van der Waals surface area contributed by atoms with Crippen molar-refractivity contribution < 1.29 is 19.2 Å². The number of hydrogen-bond acceptors (Lipinski definition) is 4. The molecule has 0 fully saturated rings. The van der Waals surface area contributed by atoms with Gasteiger partial charge in [0.2, 0.25) is 24.1 Å². The van der Waals surface area contributed by atoms with E-state index in [4.69, 9.17) is 5.73 Å². The lowest BCUT2D eigenvalue weighted by Crippen LogP contribution is -2.51. The molecule has 44 heavy (non-hydrogen) atoms. The molecule has 1 unspecified atom stereocenters. The van der Waals surface area contributed by atoms with E-state index in [1.807, 2.05) is 76.2 Å². The predicted molar refractivity (Wildman–Crippen MR) is 183 cm³/mol. The van der Waals surface area contributed by atoms with Crippen LogP contribution in [0.2, 0.25) is 0 Å². The Morgan fingerprint density at radius 2 is 1.36 bits per heavy atom. The van der Waals surface area contributed by atoms with Gasteiger partial charge in [0.15, 0.2) is 0 Å². The Bertz CT molecular complexity index is 1040. The van der Waals surface area contributed by atoms with Gasteiger partial charge < -0.3 is 21.7 Å². The van der Waals surface area contributed by atoms with E-state index in [9.17, 15) is 19.2 Å².